The Balaban J connectivity index is 2.41. The van der Waals surface area contributed by atoms with Crippen LogP contribution in [0.25, 0.3) is 0 Å². The minimum atomic E-state index is -0.345. The Hall–Kier alpha value is -0.580. The lowest BCUT2D eigenvalue weighted by Crippen LogP contribution is -1.96. The van der Waals surface area contributed by atoms with E-state index in [4.69, 9.17) is 16.3 Å². The van der Waals surface area contributed by atoms with Gasteiger partial charge in [-0.15, -0.1) is 0 Å². The van der Waals surface area contributed by atoms with Crippen LogP contribution in [-0.4, -0.2) is 7.11 Å². The highest BCUT2D eigenvalue weighted by Crippen LogP contribution is 2.39. The smallest absolute Gasteiger partial charge is 0.124 e. The van der Waals surface area contributed by atoms with E-state index < -0.39 is 0 Å². The Kier molecular flexibility index (Phi) is 4.87. The molecule has 2 aromatic rings. The number of rotatable bonds is 3. The van der Waals surface area contributed by atoms with Crippen LogP contribution in [0.2, 0.25) is 5.02 Å². The van der Waals surface area contributed by atoms with Crippen molar-refractivity contribution in [1.29, 1.82) is 0 Å². The van der Waals surface area contributed by atoms with Gasteiger partial charge in [0.05, 0.1) is 11.9 Å². The molecule has 19 heavy (non-hydrogen) atoms. The van der Waals surface area contributed by atoms with Gasteiger partial charge in [0.1, 0.15) is 11.6 Å². The first-order chi connectivity index (χ1) is 9.02. The van der Waals surface area contributed by atoms with Crippen molar-refractivity contribution in [2.75, 3.05) is 7.11 Å². The molecule has 0 fully saturated rings. The number of hydrogen-bond donors (Lipinski definition) is 0. The van der Waals surface area contributed by atoms with Crippen molar-refractivity contribution in [3.63, 3.8) is 0 Å². The first-order valence-corrected chi connectivity index (χ1v) is 7.54. The van der Waals surface area contributed by atoms with Gasteiger partial charge in [-0.05, 0) is 35.4 Å². The molecule has 0 N–H and O–H groups in total. The minimum Gasteiger partial charge on any atom is -0.497 e. The fourth-order valence-corrected chi connectivity index (χ4v) is 3.82. The van der Waals surface area contributed by atoms with Gasteiger partial charge >= 0.3 is 0 Å². The molecule has 1 unspecified atom stereocenters. The molecular weight excluding hydrogens is 398 g/mol. The summed E-state index contributed by atoms with van der Waals surface area (Å²) in [5.74, 6) is 0.419. The Morgan fingerprint density at radius 3 is 2.42 bits per heavy atom. The summed E-state index contributed by atoms with van der Waals surface area (Å²) in [6, 6.07) is 10.1. The summed E-state index contributed by atoms with van der Waals surface area (Å²) in [5, 5.41) is 0.393. The number of halogens is 4. The van der Waals surface area contributed by atoms with Crippen molar-refractivity contribution in [2.24, 2.45) is 0 Å². The maximum Gasteiger partial charge on any atom is 0.124 e. The second-order valence-corrected chi connectivity index (χ2v) is 6.09. The average molecular weight is 408 g/mol. The van der Waals surface area contributed by atoms with Crippen molar-refractivity contribution in [2.45, 2.75) is 4.83 Å². The molecule has 1 atom stereocenters. The maximum atomic E-state index is 13.1. The van der Waals surface area contributed by atoms with Crippen molar-refractivity contribution in [3.8, 4) is 5.75 Å². The topological polar surface area (TPSA) is 9.23 Å². The highest BCUT2D eigenvalue weighted by atomic mass is 79.9. The van der Waals surface area contributed by atoms with Gasteiger partial charge in [-0.2, -0.15) is 0 Å². The molecule has 0 saturated heterocycles. The van der Waals surface area contributed by atoms with Crippen LogP contribution < -0.4 is 4.74 Å². The Labute approximate surface area is 133 Å². The molecule has 0 radical (unpaired) electrons. The van der Waals surface area contributed by atoms with Gasteiger partial charge in [0.2, 0.25) is 0 Å². The fraction of sp³-hybridized carbons (Fsp3) is 0.143. The van der Waals surface area contributed by atoms with Crippen molar-refractivity contribution >= 4 is 43.5 Å². The zero-order chi connectivity index (χ0) is 14.0. The van der Waals surface area contributed by atoms with Crippen molar-refractivity contribution in [1.82, 2.24) is 0 Å². The monoisotopic (exact) mass is 406 g/mol. The van der Waals surface area contributed by atoms with Gasteiger partial charge < -0.3 is 4.74 Å². The summed E-state index contributed by atoms with van der Waals surface area (Å²) >= 11 is 13.2. The van der Waals surface area contributed by atoms with Gasteiger partial charge in [-0.25, -0.2) is 4.39 Å². The molecule has 5 heteroatoms. The molecule has 1 nitrogen and oxygen atoms in total. The Morgan fingerprint density at radius 1 is 1.16 bits per heavy atom. The number of benzene rings is 2. The van der Waals surface area contributed by atoms with Crippen LogP contribution in [0.5, 0.6) is 5.75 Å². The lowest BCUT2D eigenvalue weighted by molar-refractivity contribution is 0.414. The van der Waals surface area contributed by atoms with Crippen molar-refractivity contribution < 1.29 is 9.13 Å². The zero-order valence-electron chi connectivity index (χ0n) is 9.96. The quantitative estimate of drug-likeness (QED) is 0.589. The van der Waals surface area contributed by atoms with E-state index in [-0.39, 0.29) is 10.6 Å². The summed E-state index contributed by atoms with van der Waals surface area (Å²) in [6.07, 6.45) is 0. The first kappa shape index (κ1) is 14.8. The number of hydrogen-bond acceptors (Lipinski definition) is 1. The fourth-order valence-electron chi connectivity index (χ4n) is 1.71. The number of methoxy groups -OCH3 is 1. The summed E-state index contributed by atoms with van der Waals surface area (Å²) in [5.41, 5.74) is 1.81. The van der Waals surface area contributed by atoms with E-state index in [0.717, 1.165) is 21.3 Å². The summed E-state index contributed by atoms with van der Waals surface area (Å²) < 4.78 is 19.1. The van der Waals surface area contributed by atoms with Crippen LogP contribution in [0, 0.1) is 5.82 Å². The second-order valence-electron chi connectivity index (χ2n) is 3.92. The van der Waals surface area contributed by atoms with E-state index >= 15 is 0 Å². The van der Waals surface area contributed by atoms with Crippen LogP contribution in [0.3, 0.4) is 0 Å². The summed E-state index contributed by atoms with van der Waals surface area (Å²) in [7, 11) is 1.61. The predicted octanol–water partition coefficient (Wildman–Crippen LogP) is 5.73. The number of ether oxygens (including phenoxy) is 1. The van der Waals surface area contributed by atoms with Gasteiger partial charge in [-0.1, -0.05) is 55.6 Å². The van der Waals surface area contributed by atoms with Crippen molar-refractivity contribution in [3.05, 3.63) is 62.8 Å². The van der Waals surface area contributed by atoms with Gasteiger partial charge in [-0.3, -0.25) is 0 Å². The summed E-state index contributed by atoms with van der Waals surface area (Å²) in [4.78, 5) is -0.124. The molecular formula is C14H10Br2ClFO. The van der Waals surface area contributed by atoms with Crippen LogP contribution in [0.1, 0.15) is 16.0 Å². The van der Waals surface area contributed by atoms with Crippen LogP contribution >= 0.6 is 43.5 Å². The normalized spacial score (nSPS) is 12.3. The van der Waals surface area contributed by atoms with Gasteiger partial charge in [0.25, 0.3) is 0 Å². The molecule has 0 aliphatic rings. The first-order valence-electron chi connectivity index (χ1n) is 5.45. The lowest BCUT2D eigenvalue weighted by atomic mass is 10.0. The highest BCUT2D eigenvalue weighted by molar-refractivity contribution is 9.11. The Bertz CT molecular complexity index is 604. The van der Waals surface area contributed by atoms with Gasteiger partial charge in [0, 0.05) is 9.50 Å². The van der Waals surface area contributed by atoms with E-state index in [1.165, 1.54) is 12.1 Å². The molecule has 2 aromatic carbocycles. The Morgan fingerprint density at radius 2 is 1.84 bits per heavy atom. The summed E-state index contributed by atoms with van der Waals surface area (Å²) in [6.45, 7) is 0. The van der Waals surface area contributed by atoms with Crippen LogP contribution in [0.15, 0.2) is 40.9 Å². The molecule has 0 bridgehead atoms. The number of alkyl halides is 1. The molecule has 2 rings (SSSR count). The maximum absolute atomic E-state index is 13.1. The molecule has 0 heterocycles. The zero-order valence-corrected chi connectivity index (χ0v) is 13.9. The van der Waals surface area contributed by atoms with E-state index in [9.17, 15) is 4.39 Å². The standard InChI is InChI=1S/C14H10Br2ClFO/c1-19-9-3-5-10(12(15)7-9)14(16)11-4-2-8(18)6-13(11)17/h2-7,14H,1H3. The third kappa shape index (κ3) is 3.30. The third-order valence-corrected chi connectivity index (χ3v) is 4.72. The highest BCUT2D eigenvalue weighted by Gasteiger charge is 2.17. The van der Waals surface area contributed by atoms with E-state index in [1.807, 2.05) is 18.2 Å². The molecule has 100 valence electrons. The van der Waals surface area contributed by atoms with E-state index in [1.54, 1.807) is 13.2 Å². The SMILES string of the molecule is COc1ccc(C(Br)c2ccc(F)cc2Cl)c(Br)c1. The molecule has 0 spiro atoms. The van der Waals surface area contributed by atoms with E-state index in [0.29, 0.717) is 5.02 Å². The lowest BCUT2D eigenvalue weighted by Gasteiger charge is -2.15. The molecule has 0 saturated carbocycles. The molecule has 0 aliphatic heterocycles. The molecule has 0 amide bonds. The molecule has 0 aromatic heterocycles. The average Bonchev–Trinajstić information content (AvgIpc) is 2.37. The largest absolute Gasteiger partial charge is 0.497 e. The minimum absolute atomic E-state index is 0.124. The predicted molar refractivity (Wildman–Crippen MR) is 82.9 cm³/mol. The van der Waals surface area contributed by atoms with Gasteiger partial charge in [0.15, 0.2) is 0 Å². The van der Waals surface area contributed by atoms with Crippen LogP contribution in [-0.2, 0) is 0 Å². The van der Waals surface area contributed by atoms with Crippen LogP contribution in [0.4, 0.5) is 4.39 Å². The third-order valence-electron chi connectivity index (χ3n) is 2.72. The second kappa shape index (κ2) is 6.25. The van der Waals surface area contributed by atoms with E-state index in [2.05, 4.69) is 31.9 Å². The molecule has 0 aliphatic carbocycles.